The van der Waals surface area contributed by atoms with Gasteiger partial charge in [0.15, 0.2) is 11.5 Å². The maximum absolute atomic E-state index is 12.8. The zero-order chi connectivity index (χ0) is 20.8. The summed E-state index contributed by atoms with van der Waals surface area (Å²) in [6, 6.07) is 4.11. The Kier molecular flexibility index (Phi) is 7.21. The summed E-state index contributed by atoms with van der Waals surface area (Å²) < 4.78 is 39.6. The fraction of sp³-hybridized carbons (Fsp3) is 0.579. The molecule has 0 aromatic heterocycles. The molecule has 2 saturated heterocycles. The molecular weight excluding hydrogens is 388 g/mol. The van der Waals surface area contributed by atoms with Crippen LogP contribution in [0.15, 0.2) is 18.2 Å². The Morgan fingerprint density at radius 2 is 1.69 bits per heavy atom. The van der Waals surface area contributed by atoms with Crippen LogP contribution in [0, 0.1) is 0 Å². The fourth-order valence-electron chi connectivity index (χ4n) is 3.39. The molecule has 29 heavy (non-hydrogen) atoms. The third-order valence-electron chi connectivity index (χ3n) is 5.01. The van der Waals surface area contributed by atoms with E-state index in [1.54, 1.807) is 9.80 Å². The molecule has 0 bridgehead atoms. The average Bonchev–Trinajstić information content (AvgIpc) is 2.74. The van der Waals surface area contributed by atoms with Crippen LogP contribution in [0.25, 0.3) is 0 Å². The van der Waals surface area contributed by atoms with Crippen molar-refractivity contribution in [2.24, 2.45) is 0 Å². The second kappa shape index (κ2) is 9.84. The number of alkyl halides is 2. The number of hydrogen-bond acceptors (Lipinski definition) is 6. The van der Waals surface area contributed by atoms with Crippen LogP contribution < -0.4 is 9.47 Å². The van der Waals surface area contributed by atoms with Crippen molar-refractivity contribution in [1.82, 2.24) is 14.7 Å². The molecule has 2 heterocycles. The van der Waals surface area contributed by atoms with Crippen molar-refractivity contribution in [3.05, 3.63) is 23.8 Å². The highest BCUT2D eigenvalue weighted by Gasteiger charge is 2.27. The maximum atomic E-state index is 12.8. The highest BCUT2D eigenvalue weighted by molar-refractivity contribution is 5.95. The summed E-state index contributed by atoms with van der Waals surface area (Å²) in [5.74, 6) is -0.255. The lowest BCUT2D eigenvalue weighted by atomic mass is 10.1. The quantitative estimate of drug-likeness (QED) is 0.691. The van der Waals surface area contributed by atoms with Gasteiger partial charge in [-0.25, -0.2) is 0 Å². The fourth-order valence-corrected chi connectivity index (χ4v) is 3.39. The molecule has 160 valence electrons. The van der Waals surface area contributed by atoms with Gasteiger partial charge in [-0.3, -0.25) is 14.5 Å². The first-order chi connectivity index (χ1) is 14.0. The first-order valence-corrected chi connectivity index (χ1v) is 9.48. The molecule has 0 atom stereocenters. The van der Waals surface area contributed by atoms with E-state index in [1.165, 1.54) is 25.3 Å². The van der Waals surface area contributed by atoms with Gasteiger partial charge >= 0.3 is 6.61 Å². The molecule has 3 rings (SSSR count). The Hall–Kier alpha value is -2.46. The maximum Gasteiger partial charge on any atom is 0.387 e. The van der Waals surface area contributed by atoms with E-state index in [2.05, 4.69) is 9.64 Å². The van der Waals surface area contributed by atoms with Crippen LogP contribution in [-0.4, -0.2) is 99.3 Å². The standard InChI is InChI=1S/C19H25F2N3O5/c1-27-16-12-14(2-3-15(16)29-19(20)21)18(26)24-6-4-23(5-7-24)17(25)13-22-8-10-28-11-9-22/h2-3,12,19H,4-11,13H2,1H3. The van der Waals surface area contributed by atoms with E-state index in [9.17, 15) is 18.4 Å². The zero-order valence-corrected chi connectivity index (χ0v) is 16.3. The highest BCUT2D eigenvalue weighted by Crippen LogP contribution is 2.30. The Morgan fingerprint density at radius 3 is 2.31 bits per heavy atom. The molecule has 10 heteroatoms. The minimum absolute atomic E-state index is 0.0502. The van der Waals surface area contributed by atoms with E-state index in [4.69, 9.17) is 9.47 Å². The number of amides is 2. The topological polar surface area (TPSA) is 71.6 Å². The number of ether oxygens (including phenoxy) is 3. The number of carbonyl (C=O) groups excluding carboxylic acids is 2. The van der Waals surface area contributed by atoms with Crippen LogP contribution in [0.5, 0.6) is 11.5 Å². The number of nitrogens with zero attached hydrogens (tertiary/aromatic N) is 3. The molecule has 2 fully saturated rings. The van der Waals surface area contributed by atoms with Gasteiger partial charge in [0.1, 0.15) is 0 Å². The van der Waals surface area contributed by atoms with E-state index in [-0.39, 0.29) is 23.3 Å². The predicted molar refractivity (Wildman–Crippen MR) is 99.4 cm³/mol. The van der Waals surface area contributed by atoms with Gasteiger partial charge in [-0.1, -0.05) is 0 Å². The number of halogens is 2. The van der Waals surface area contributed by atoms with Gasteiger partial charge in [-0.2, -0.15) is 8.78 Å². The summed E-state index contributed by atoms with van der Waals surface area (Å²) in [6.07, 6.45) is 0. The van der Waals surface area contributed by atoms with Crippen molar-refractivity contribution < 1.29 is 32.6 Å². The molecule has 0 saturated carbocycles. The molecule has 0 N–H and O–H groups in total. The highest BCUT2D eigenvalue weighted by atomic mass is 19.3. The van der Waals surface area contributed by atoms with E-state index < -0.39 is 6.61 Å². The number of benzene rings is 1. The van der Waals surface area contributed by atoms with Crippen LogP contribution in [-0.2, 0) is 9.53 Å². The number of piperazine rings is 1. The first kappa shape index (κ1) is 21.3. The average molecular weight is 413 g/mol. The summed E-state index contributed by atoms with van der Waals surface area (Å²) in [6.45, 7) is 1.89. The number of carbonyl (C=O) groups is 2. The smallest absolute Gasteiger partial charge is 0.387 e. The lowest BCUT2D eigenvalue weighted by Gasteiger charge is -2.36. The molecule has 0 aliphatic carbocycles. The van der Waals surface area contributed by atoms with E-state index in [0.29, 0.717) is 51.5 Å². The number of hydrogen-bond donors (Lipinski definition) is 0. The summed E-state index contributed by atoms with van der Waals surface area (Å²) in [7, 11) is 1.32. The molecule has 0 radical (unpaired) electrons. The van der Waals surface area contributed by atoms with Gasteiger partial charge in [0.25, 0.3) is 5.91 Å². The number of methoxy groups -OCH3 is 1. The van der Waals surface area contributed by atoms with E-state index >= 15 is 0 Å². The van der Waals surface area contributed by atoms with Crippen molar-refractivity contribution in [2.75, 3.05) is 66.1 Å². The van der Waals surface area contributed by atoms with Crippen molar-refractivity contribution in [1.29, 1.82) is 0 Å². The molecule has 1 aromatic rings. The third-order valence-corrected chi connectivity index (χ3v) is 5.01. The largest absolute Gasteiger partial charge is 0.493 e. The lowest BCUT2D eigenvalue weighted by Crippen LogP contribution is -2.53. The van der Waals surface area contributed by atoms with Gasteiger partial charge < -0.3 is 24.0 Å². The van der Waals surface area contributed by atoms with Crippen molar-refractivity contribution >= 4 is 11.8 Å². The molecule has 0 spiro atoms. The predicted octanol–water partition coefficient (Wildman–Crippen LogP) is 0.913. The van der Waals surface area contributed by atoms with Gasteiger partial charge in [-0.05, 0) is 18.2 Å². The zero-order valence-electron chi connectivity index (χ0n) is 16.3. The molecule has 8 nitrogen and oxygen atoms in total. The third kappa shape index (κ3) is 5.54. The van der Waals surface area contributed by atoms with Gasteiger partial charge in [0, 0.05) is 44.8 Å². The van der Waals surface area contributed by atoms with Crippen molar-refractivity contribution in [3.8, 4) is 11.5 Å². The van der Waals surface area contributed by atoms with Gasteiger partial charge in [0.2, 0.25) is 5.91 Å². The van der Waals surface area contributed by atoms with Crippen LogP contribution in [0.4, 0.5) is 8.78 Å². The number of rotatable bonds is 6. The second-order valence-corrected chi connectivity index (χ2v) is 6.81. The van der Waals surface area contributed by atoms with Crippen molar-refractivity contribution in [3.63, 3.8) is 0 Å². The molecule has 1 aromatic carbocycles. The lowest BCUT2D eigenvalue weighted by molar-refractivity contribution is -0.134. The van der Waals surface area contributed by atoms with Crippen LogP contribution in [0.3, 0.4) is 0 Å². The Balaban J connectivity index is 1.54. The Morgan fingerprint density at radius 1 is 1.03 bits per heavy atom. The van der Waals surface area contributed by atoms with Gasteiger partial charge in [0.05, 0.1) is 26.9 Å². The molecule has 2 amide bonds. The summed E-state index contributed by atoms with van der Waals surface area (Å²) in [5.41, 5.74) is 0.316. The molecule has 2 aliphatic rings. The summed E-state index contributed by atoms with van der Waals surface area (Å²) in [5, 5.41) is 0. The molecule has 0 unspecified atom stereocenters. The Bertz CT molecular complexity index is 720. The second-order valence-electron chi connectivity index (χ2n) is 6.81. The Labute approximate surface area is 167 Å². The van der Waals surface area contributed by atoms with Crippen LogP contribution in [0.1, 0.15) is 10.4 Å². The summed E-state index contributed by atoms with van der Waals surface area (Å²) >= 11 is 0. The summed E-state index contributed by atoms with van der Waals surface area (Å²) in [4.78, 5) is 30.7. The minimum atomic E-state index is -2.98. The van der Waals surface area contributed by atoms with E-state index in [1.807, 2.05) is 0 Å². The molecular formula is C19H25F2N3O5. The normalized spacial score (nSPS) is 18.1. The SMILES string of the molecule is COc1cc(C(=O)N2CCN(C(=O)CN3CCOCC3)CC2)ccc1OC(F)F. The monoisotopic (exact) mass is 413 g/mol. The minimum Gasteiger partial charge on any atom is -0.493 e. The van der Waals surface area contributed by atoms with Crippen LogP contribution in [0.2, 0.25) is 0 Å². The molecule has 2 aliphatic heterocycles. The number of morpholine rings is 1. The first-order valence-electron chi connectivity index (χ1n) is 9.48. The van der Waals surface area contributed by atoms with Gasteiger partial charge in [-0.15, -0.1) is 0 Å². The van der Waals surface area contributed by atoms with Crippen LogP contribution >= 0.6 is 0 Å². The van der Waals surface area contributed by atoms with E-state index in [0.717, 1.165) is 13.1 Å². The van der Waals surface area contributed by atoms with Crippen molar-refractivity contribution in [2.45, 2.75) is 6.61 Å².